The second kappa shape index (κ2) is 63.1. The van der Waals surface area contributed by atoms with E-state index in [1.807, 2.05) is 175 Å². The Hall–Kier alpha value is -11.0. The molecule has 131 heavy (non-hydrogen) atoms. The molecule has 0 bridgehead atoms. The number of aromatic nitrogens is 9. The van der Waals surface area contributed by atoms with Crippen molar-refractivity contribution in [1.82, 2.24) is 45.1 Å². The van der Waals surface area contributed by atoms with Crippen molar-refractivity contribution in [3.63, 3.8) is 0 Å². The molecule has 9 heterocycles. The van der Waals surface area contributed by atoms with Gasteiger partial charge in [0.05, 0.1) is 79.0 Å². The topological polar surface area (TPSA) is 192 Å². The normalized spacial score (nSPS) is 10.1. The maximum atomic E-state index is 12.2. The van der Waals surface area contributed by atoms with Gasteiger partial charge in [-0.2, -0.15) is 61.7 Å². The van der Waals surface area contributed by atoms with Crippen molar-refractivity contribution >= 4 is 81.4 Å². The fourth-order valence-corrected chi connectivity index (χ4v) is 16.4. The SMILES string of the molecule is CC(=O)C=C(C)O.CC(=O)C=C(C)O.C[PH+](c1ccccc1)c1ccccc1.C[PH+](c1ccccc1)c1ccccc1.Cc1ccnc(-c2nc(C(F)(F)F)n[n-]2)c1.[Ir].[Ir].[Os+].[Pt].[Ru+].[c-]1c(-c2ccccn2)sc2ccccc12.[c-]1ccccc1-c1[c-]cccc1-c1ccccc1.[c-]1ccccc1-c1ccccn1.[c-]1ccsc1-c1ccccn1.c1ccc(-c2ccccn2)nc1. The molecular formula is C106H92F3Ir2N9O4OsP2PtRuS2-2. The van der Waals surface area contributed by atoms with Crippen LogP contribution < -0.4 is 26.3 Å². The molecule has 0 aliphatic carbocycles. The molecule has 0 amide bonds. The number of hydrogen-bond acceptors (Lipinski definition) is 14. The van der Waals surface area contributed by atoms with E-state index in [4.69, 9.17) is 10.2 Å². The fraction of sp³-hybridized carbons (Fsp3) is 0.0755. The Kier molecular flexibility index (Phi) is 54.1. The first-order valence-electron chi connectivity index (χ1n) is 39.7. The van der Waals surface area contributed by atoms with E-state index in [9.17, 15) is 22.8 Å². The molecule has 9 aromatic heterocycles. The minimum atomic E-state index is -4.57. The Morgan fingerprint density at radius 2 is 0.809 bits per heavy atom. The molecule has 4 radical (unpaired) electrons. The Bertz CT molecular complexity index is 5760. The van der Waals surface area contributed by atoms with E-state index in [0.29, 0.717) is 0 Å². The summed E-state index contributed by atoms with van der Waals surface area (Å²) < 4.78 is 37.9. The van der Waals surface area contributed by atoms with Crippen LogP contribution in [-0.4, -0.2) is 75.1 Å². The second-order valence-corrected chi connectivity index (χ2v) is 33.9. The van der Waals surface area contributed by atoms with Gasteiger partial charge in [0.1, 0.15) is 5.82 Å². The maximum absolute atomic E-state index is 12.2. The molecule has 25 heteroatoms. The number of aliphatic hydroxyl groups excluding tert-OH is 2. The van der Waals surface area contributed by atoms with E-state index in [0.717, 1.165) is 60.5 Å². The summed E-state index contributed by atoms with van der Waals surface area (Å²) in [7, 11) is -1.09. The number of carbonyl (C=O) groups is 2. The molecular weight excluding hydrogens is 2520 g/mol. The third-order valence-electron chi connectivity index (χ3n) is 17.3. The zero-order valence-corrected chi connectivity index (χ0v) is 87.0. The van der Waals surface area contributed by atoms with Gasteiger partial charge in [0, 0.05) is 116 Å². The van der Waals surface area contributed by atoms with Crippen molar-refractivity contribution in [1.29, 1.82) is 0 Å². The van der Waals surface area contributed by atoms with E-state index < -0.39 is 27.8 Å². The summed E-state index contributed by atoms with van der Waals surface area (Å²) in [5, 5.41) is 32.1. The molecule has 0 saturated carbocycles. The van der Waals surface area contributed by atoms with E-state index in [-0.39, 0.29) is 135 Å². The number of hydrogen-bond donors (Lipinski definition) is 2. The number of halogens is 3. The molecule has 9 aromatic carbocycles. The number of ketones is 2. The van der Waals surface area contributed by atoms with Crippen LogP contribution >= 0.6 is 38.5 Å². The molecule has 0 saturated heterocycles. The number of pyridine rings is 6. The van der Waals surface area contributed by atoms with Gasteiger partial charge < -0.3 is 35.2 Å². The summed E-state index contributed by atoms with van der Waals surface area (Å²) in [5.74, 6) is -1.48. The minimum absolute atomic E-state index is 0. The van der Waals surface area contributed by atoms with Crippen LogP contribution in [-0.2, 0) is 116 Å². The Morgan fingerprint density at radius 3 is 1.18 bits per heavy atom. The van der Waals surface area contributed by atoms with Gasteiger partial charge in [-0.3, -0.25) is 29.6 Å². The van der Waals surface area contributed by atoms with Crippen LogP contribution in [0.2, 0.25) is 0 Å². The van der Waals surface area contributed by atoms with Crippen LogP contribution in [0, 0.1) is 37.3 Å². The average molecular weight is 2610 g/mol. The monoisotopic (exact) mass is 2610 g/mol. The van der Waals surface area contributed by atoms with Crippen molar-refractivity contribution in [3.8, 4) is 77.6 Å². The summed E-state index contributed by atoms with van der Waals surface area (Å²) in [5.41, 5.74) is 11.6. The van der Waals surface area contributed by atoms with Gasteiger partial charge in [-0.15, -0.1) is 88.6 Å². The molecule has 0 atom stereocenters. The second-order valence-electron chi connectivity index (χ2n) is 27.1. The Labute approximate surface area is 843 Å². The summed E-state index contributed by atoms with van der Waals surface area (Å²) in [6, 6.07) is 134. The van der Waals surface area contributed by atoms with Crippen LogP contribution in [0.15, 0.2) is 418 Å². The smallest absolute Gasteiger partial charge is 0.512 e. The molecule has 0 spiro atoms. The molecule has 13 nitrogen and oxygen atoms in total. The number of benzene rings is 9. The fourth-order valence-electron chi connectivity index (χ4n) is 11.4. The number of aryl methyl sites for hydroxylation is 1. The molecule has 0 aliphatic rings. The van der Waals surface area contributed by atoms with E-state index >= 15 is 0 Å². The van der Waals surface area contributed by atoms with Crippen molar-refractivity contribution in [3.05, 3.63) is 460 Å². The zero-order chi connectivity index (χ0) is 89.4. The van der Waals surface area contributed by atoms with Crippen LogP contribution in [0.5, 0.6) is 0 Å². The van der Waals surface area contributed by atoms with Gasteiger partial charge in [0.2, 0.25) is 0 Å². The average Bonchev–Trinajstić information content (AvgIpc) is 1.76. The summed E-state index contributed by atoms with van der Waals surface area (Å²) in [6.07, 6.45) is 8.17. The number of allylic oxidation sites excluding steroid dienone is 4. The molecule has 2 N–H and O–H groups in total. The first-order valence-corrected chi connectivity index (χ1v) is 45.4. The molecule has 18 rings (SSSR count). The van der Waals surface area contributed by atoms with Crippen LogP contribution in [0.1, 0.15) is 39.1 Å². The molecule has 0 unspecified atom stereocenters. The Balaban J connectivity index is 0.000000306. The van der Waals surface area contributed by atoms with Crippen LogP contribution in [0.4, 0.5) is 13.2 Å². The van der Waals surface area contributed by atoms with E-state index in [1.165, 1.54) is 88.5 Å². The predicted octanol–water partition coefficient (Wildman–Crippen LogP) is 24.5. The number of rotatable bonds is 13. The van der Waals surface area contributed by atoms with Crippen molar-refractivity contribution in [2.24, 2.45) is 0 Å². The van der Waals surface area contributed by atoms with Gasteiger partial charge in [-0.1, -0.05) is 174 Å². The quantitative estimate of drug-likeness (QED) is 0.0365. The standard InChI is InChI=1S/C18H12.C13H8NS.2C13H13P.C11H8N.C10H8N2.C9H6F3N4.C9H6NS.2C5H8O2.2Ir.Os.Pt.Ru/c1-3-9-15(10-4-1)17-13-7-8-14-18(17)16-11-5-2-6-12-16;1-2-7-12-10(5-1)9-13(15-12)11-6-3-4-8-14-11;2*1-14(12-8-4-2-5-9-12)13-10-6-3-7-11-13;1-2-6-10(7-3-1)11-8-4-5-9-12-11;1-3-7-11-9(5-1)10-6-2-4-8-12-10;1-5-2-3-13-6(4-5)7-14-8(16-15-7)9(10,11)12;1-2-6-10-8(4-1)9-5-3-7-11-9;2*1-4(6)3-5(2)7;;;;;/h1-11,13H;1-8H;2*2-11H,1H3;1-6,8-9H;1-8H;2-4H,1H3;1-4,6-7H;2*3,6H,1-2H3;;;;;/q-2;-1;;;-1;;2*-1;;;;;+1;;+1/p+2. The van der Waals surface area contributed by atoms with E-state index in [1.54, 1.807) is 66.5 Å². The van der Waals surface area contributed by atoms with Crippen LogP contribution in [0.3, 0.4) is 0 Å². The van der Waals surface area contributed by atoms with Gasteiger partial charge in [0.25, 0.3) is 0 Å². The van der Waals surface area contributed by atoms with Crippen molar-refractivity contribution in [2.75, 3.05) is 13.3 Å². The number of aliphatic hydroxyl groups is 2. The largest absolute Gasteiger partial charge is 1.00 e. The van der Waals surface area contributed by atoms with Gasteiger partial charge in [-0.05, 0) is 170 Å². The molecule has 18 aromatic rings. The number of fused-ring (bicyclic) bond motifs is 1. The van der Waals surface area contributed by atoms with Gasteiger partial charge in [-0.25, -0.2) is 33.8 Å². The maximum Gasteiger partial charge on any atom is 1.00 e. The number of nitrogens with zero attached hydrogens (tertiary/aromatic N) is 9. The first kappa shape index (κ1) is 112. The van der Waals surface area contributed by atoms with E-state index in [2.05, 4.69) is 265 Å². The zero-order valence-electron chi connectivity index (χ0n) is 72.1. The minimum Gasteiger partial charge on any atom is -0.512 e. The third-order valence-corrected chi connectivity index (χ3v) is 24.0. The molecule has 0 fully saturated rings. The molecule has 674 valence electrons. The number of carbonyl (C=O) groups excluding carboxylic acids is 2. The van der Waals surface area contributed by atoms with Crippen molar-refractivity contribution < 1.29 is 134 Å². The third kappa shape index (κ3) is 41.1. The number of alkyl halides is 3. The van der Waals surface area contributed by atoms with Crippen molar-refractivity contribution in [2.45, 2.75) is 40.8 Å². The number of thiophene rings is 2. The first-order chi connectivity index (χ1) is 61.3. The Morgan fingerprint density at radius 1 is 0.420 bits per heavy atom. The predicted molar refractivity (Wildman–Crippen MR) is 516 cm³/mol. The van der Waals surface area contributed by atoms with Gasteiger partial charge in [0.15, 0.2) is 11.6 Å². The molecule has 0 aliphatic heterocycles. The van der Waals surface area contributed by atoms with Gasteiger partial charge >= 0.3 is 45.4 Å². The van der Waals surface area contributed by atoms with Crippen LogP contribution in [0.25, 0.3) is 87.6 Å². The summed E-state index contributed by atoms with van der Waals surface area (Å²) >= 11 is 3.39. The summed E-state index contributed by atoms with van der Waals surface area (Å²) in [6.45, 7) is 12.2. The summed E-state index contributed by atoms with van der Waals surface area (Å²) in [4.78, 5) is 50.5.